The molecular weight excluding hydrogens is 340 g/mol. The molecule has 0 radical (unpaired) electrons. The molecule has 1 N–H and O–H groups in total. The van der Waals surface area contributed by atoms with Crippen LogP contribution in [0, 0.1) is 16.0 Å². The van der Waals surface area contributed by atoms with Gasteiger partial charge in [-0.05, 0) is 31.9 Å². The van der Waals surface area contributed by atoms with Crippen LogP contribution in [0.3, 0.4) is 0 Å². The molecule has 1 heterocycles. The van der Waals surface area contributed by atoms with Crippen molar-refractivity contribution in [3.63, 3.8) is 0 Å². The fourth-order valence-corrected chi connectivity index (χ4v) is 4.74. The number of methoxy groups -OCH3 is 1. The van der Waals surface area contributed by atoms with Gasteiger partial charge in [0, 0.05) is 12.6 Å². The van der Waals surface area contributed by atoms with Crippen molar-refractivity contribution in [2.24, 2.45) is 5.92 Å². The van der Waals surface area contributed by atoms with Gasteiger partial charge in [-0.3, -0.25) is 14.9 Å². The second-order valence-electron chi connectivity index (χ2n) is 5.53. The van der Waals surface area contributed by atoms with Gasteiger partial charge in [0.15, 0.2) is 4.90 Å². The third kappa shape index (κ3) is 3.20. The number of sulfonamides is 1. The smallest absolute Gasteiger partial charge is 0.308 e. The summed E-state index contributed by atoms with van der Waals surface area (Å²) in [4.78, 5) is 21.3. The highest BCUT2D eigenvalue weighted by atomic mass is 32.2. The number of nitro groups is 1. The van der Waals surface area contributed by atoms with Crippen molar-refractivity contribution in [2.75, 3.05) is 13.7 Å². The summed E-state index contributed by atoms with van der Waals surface area (Å²) in [6, 6.07) is 2.69. The minimum Gasteiger partial charge on any atom is -0.497 e. The lowest BCUT2D eigenvalue weighted by molar-refractivity contribution is -0.387. The number of carboxylic acids is 1. The SMILES string of the molecule is COc1ccc(S(=O)(=O)N2CCC[C@H](C(=O)O)[C@@H]2C)c([N+](=O)[O-])c1. The Morgan fingerprint density at radius 3 is 2.67 bits per heavy atom. The second-order valence-corrected chi connectivity index (χ2v) is 7.39. The molecule has 0 unspecified atom stereocenters. The number of piperidine rings is 1. The summed E-state index contributed by atoms with van der Waals surface area (Å²) >= 11 is 0. The van der Waals surface area contributed by atoms with E-state index in [1.807, 2.05) is 0 Å². The van der Waals surface area contributed by atoms with Crippen LogP contribution >= 0.6 is 0 Å². The van der Waals surface area contributed by atoms with Crippen LogP contribution in [0.5, 0.6) is 5.75 Å². The van der Waals surface area contributed by atoms with Gasteiger partial charge in [0.25, 0.3) is 5.69 Å². The molecule has 0 amide bonds. The van der Waals surface area contributed by atoms with Crippen LogP contribution in [-0.2, 0) is 14.8 Å². The molecule has 1 aromatic carbocycles. The van der Waals surface area contributed by atoms with Crippen LogP contribution in [-0.4, -0.2) is 48.4 Å². The maximum atomic E-state index is 12.9. The van der Waals surface area contributed by atoms with Crippen LogP contribution in [0.25, 0.3) is 0 Å². The molecule has 1 aliphatic heterocycles. The van der Waals surface area contributed by atoms with Crippen molar-refractivity contribution in [2.45, 2.75) is 30.7 Å². The van der Waals surface area contributed by atoms with Crippen LogP contribution in [0.4, 0.5) is 5.69 Å². The maximum Gasteiger partial charge on any atom is 0.308 e. The van der Waals surface area contributed by atoms with E-state index < -0.39 is 43.5 Å². The quantitative estimate of drug-likeness (QED) is 0.623. The van der Waals surface area contributed by atoms with Crippen molar-refractivity contribution in [3.05, 3.63) is 28.3 Å². The van der Waals surface area contributed by atoms with Crippen LogP contribution in [0.1, 0.15) is 19.8 Å². The van der Waals surface area contributed by atoms with Gasteiger partial charge in [-0.1, -0.05) is 0 Å². The Kier molecular flexibility index (Phi) is 5.09. The molecular formula is C14H18N2O7S. The lowest BCUT2D eigenvalue weighted by atomic mass is 9.92. The Labute approximate surface area is 139 Å². The highest BCUT2D eigenvalue weighted by Gasteiger charge is 2.41. The van der Waals surface area contributed by atoms with Crippen molar-refractivity contribution in [1.82, 2.24) is 4.31 Å². The van der Waals surface area contributed by atoms with Gasteiger partial charge in [-0.25, -0.2) is 8.42 Å². The molecule has 1 fully saturated rings. The van der Waals surface area contributed by atoms with Crippen molar-refractivity contribution >= 4 is 21.7 Å². The fourth-order valence-electron chi connectivity index (χ4n) is 2.89. The predicted octanol–water partition coefficient (Wildman–Crippen LogP) is 1.48. The van der Waals surface area contributed by atoms with E-state index in [0.717, 1.165) is 16.4 Å². The maximum absolute atomic E-state index is 12.9. The molecule has 0 aliphatic carbocycles. The molecule has 10 heteroatoms. The molecule has 2 atom stereocenters. The van der Waals surface area contributed by atoms with Gasteiger partial charge in [0.2, 0.25) is 10.0 Å². The highest BCUT2D eigenvalue weighted by molar-refractivity contribution is 7.89. The third-order valence-electron chi connectivity index (χ3n) is 4.20. The zero-order valence-electron chi connectivity index (χ0n) is 13.2. The van der Waals surface area contributed by atoms with Crippen LogP contribution in [0.15, 0.2) is 23.1 Å². The van der Waals surface area contributed by atoms with E-state index in [4.69, 9.17) is 4.74 Å². The fraction of sp³-hybridized carbons (Fsp3) is 0.500. The summed E-state index contributed by atoms with van der Waals surface area (Å²) in [6.07, 6.45) is 0.748. The van der Waals surface area contributed by atoms with E-state index in [2.05, 4.69) is 0 Å². The number of aliphatic carboxylic acids is 1. The number of benzene rings is 1. The number of ether oxygens (including phenoxy) is 1. The summed E-state index contributed by atoms with van der Waals surface area (Å²) in [7, 11) is -2.89. The van der Waals surface area contributed by atoms with E-state index >= 15 is 0 Å². The number of hydrogen-bond donors (Lipinski definition) is 1. The van der Waals surface area contributed by atoms with E-state index in [1.165, 1.54) is 20.1 Å². The summed E-state index contributed by atoms with van der Waals surface area (Å²) in [5.74, 6) is -1.76. The minimum atomic E-state index is -4.21. The van der Waals surface area contributed by atoms with Gasteiger partial charge < -0.3 is 9.84 Å². The minimum absolute atomic E-state index is 0.121. The largest absolute Gasteiger partial charge is 0.497 e. The molecule has 132 valence electrons. The average Bonchev–Trinajstić information content (AvgIpc) is 2.53. The Balaban J connectivity index is 2.50. The van der Waals surface area contributed by atoms with Crippen molar-refractivity contribution in [3.8, 4) is 5.75 Å². The standard InChI is InChI=1S/C14H18N2O7S/c1-9-11(14(17)18)4-3-7-15(9)24(21,22)13-6-5-10(23-2)8-12(13)16(19)20/h5-6,8-9,11H,3-4,7H2,1-2H3,(H,17,18)/t9-,11-/m0/s1. The normalized spacial score (nSPS) is 22.1. The first-order valence-electron chi connectivity index (χ1n) is 7.27. The molecule has 1 saturated heterocycles. The van der Waals surface area contributed by atoms with E-state index in [9.17, 15) is 28.4 Å². The summed E-state index contributed by atoms with van der Waals surface area (Å²) in [6.45, 7) is 1.63. The molecule has 0 saturated carbocycles. The molecule has 0 spiro atoms. The zero-order valence-corrected chi connectivity index (χ0v) is 14.0. The van der Waals surface area contributed by atoms with E-state index in [-0.39, 0.29) is 12.3 Å². The monoisotopic (exact) mass is 358 g/mol. The predicted molar refractivity (Wildman–Crippen MR) is 83.4 cm³/mol. The molecule has 24 heavy (non-hydrogen) atoms. The second kappa shape index (κ2) is 6.73. The number of hydrogen-bond acceptors (Lipinski definition) is 6. The Morgan fingerprint density at radius 2 is 2.12 bits per heavy atom. The summed E-state index contributed by atoms with van der Waals surface area (Å²) in [5, 5.41) is 20.5. The van der Waals surface area contributed by atoms with Gasteiger partial charge in [0.05, 0.1) is 24.0 Å². The first-order chi connectivity index (χ1) is 11.2. The van der Waals surface area contributed by atoms with E-state index in [0.29, 0.717) is 12.8 Å². The number of nitrogens with zero attached hydrogens (tertiary/aromatic N) is 2. The molecule has 9 nitrogen and oxygen atoms in total. The van der Waals surface area contributed by atoms with Crippen LogP contribution < -0.4 is 4.74 Å². The topological polar surface area (TPSA) is 127 Å². The Hall–Kier alpha value is -2.20. The number of rotatable bonds is 5. The van der Waals surface area contributed by atoms with Crippen molar-refractivity contribution in [1.29, 1.82) is 0 Å². The first-order valence-corrected chi connectivity index (χ1v) is 8.71. The van der Waals surface area contributed by atoms with Crippen LogP contribution in [0.2, 0.25) is 0 Å². The molecule has 0 aromatic heterocycles. The number of carbonyl (C=O) groups is 1. The lowest BCUT2D eigenvalue weighted by Gasteiger charge is -2.36. The lowest BCUT2D eigenvalue weighted by Crippen LogP contribution is -2.49. The summed E-state index contributed by atoms with van der Waals surface area (Å²) in [5.41, 5.74) is -0.598. The number of nitro benzene ring substituents is 1. The number of carboxylic acid groups (broad SMARTS) is 1. The van der Waals surface area contributed by atoms with Gasteiger partial charge >= 0.3 is 5.97 Å². The highest BCUT2D eigenvalue weighted by Crippen LogP contribution is 2.34. The van der Waals surface area contributed by atoms with E-state index in [1.54, 1.807) is 0 Å². The summed E-state index contributed by atoms with van der Waals surface area (Å²) < 4.78 is 31.7. The van der Waals surface area contributed by atoms with Gasteiger partial charge in [-0.2, -0.15) is 4.31 Å². The van der Waals surface area contributed by atoms with Gasteiger partial charge in [-0.15, -0.1) is 0 Å². The van der Waals surface area contributed by atoms with Gasteiger partial charge in [0.1, 0.15) is 5.75 Å². The molecule has 1 aliphatic rings. The van der Waals surface area contributed by atoms with Crippen molar-refractivity contribution < 1.29 is 28.0 Å². The third-order valence-corrected chi connectivity index (χ3v) is 6.23. The molecule has 2 rings (SSSR count). The Bertz CT molecular complexity index is 762. The Morgan fingerprint density at radius 1 is 1.46 bits per heavy atom. The zero-order chi connectivity index (χ0) is 18.1. The molecule has 1 aromatic rings. The molecule has 0 bridgehead atoms. The average molecular weight is 358 g/mol. The first kappa shape index (κ1) is 18.1.